The highest BCUT2D eigenvalue weighted by Gasteiger charge is 2.10. The summed E-state index contributed by atoms with van der Waals surface area (Å²) in [6, 6.07) is 0. The molecular formula is C9H13BrN4O. The third-order valence-electron chi connectivity index (χ3n) is 1.88. The molecule has 0 unspecified atom stereocenters. The highest BCUT2D eigenvalue weighted by molar-refractivity contribution is 9.10. The van der Waals surface area contributed by atoms with Gasteiger partial charge in [0, 0.05) is 26.0 Å². The third-order valence-corrected chi connectivity index (χ3v) is 2.29. The number of hydrogen-bond donors (Lipinski definition) is 1. The van der Waals surface area contributed by atoms with Crippen LogP contribution in [-0.2, 0) is 4.79 Å². The van der Waals surface area contributed by atoms with Crippen molar-refractivity contribution in [3.05, 3.63) is 16.9 Å². The van der Waals surface area contributed by atoms with Crippen molar-refractivity contribution in [1.82, 2.24) is 15.3 Å². The van der Waals surface area contributed by atoms with Crippen LogP contribution in [0.4, 0.5) is 5.95 Å². The van der Waals surface area contributed by atoms with Crippen LogP contribution in [0.1, 0.15) is 6.92 Å². The van der Waals surface area contributed by atoms with E-state index in [1.54, 1.807) is 24.3 Å². The number of nitrogens with one attached hydrogen (secondary N) is 1. The normalized spacial score (nSPS) is 9.80. The first-order chi connectivity index (χ1) is 7.17. The van der Waals surface area contributed by atoms with Gasteiger partial charge >= 0.3 is 0 Å². The number of carbonyl (C=O) groups excluding carboxylic acids is 1. The number of anilines is 1. The number of carbonyl (C=O) groups is 1. The summed E-state index contributed by atoms with van der Waals surface area (Å²) in [6.45, 7) is 2.91. The second kappa shape index (κ2) is 5.65. The van der Waals surface area contributed by atoms with Crippen molar-refractivity contribution in [2.75, 3.05) is 25.0 Å². The van der Waals surface area contributed by atoms with E-state index < -0.39 is 0 Å². The van der Waals surface area contributed by atoms with E-state index in [1.807, 2.05) is 6.92 Å². The van der Waals surface area contributed by atoms with Gasteiger partial charge in [0.25, 0.3) is 0 Å². The van der Waals surface area contributed by atoms with Crippen molar-refractivity contribution >= 4 is 27.8 Å². The Hall–Kier alpha value is -1.17. The van der Waals surface area contributed by atoms with E-state index in [4.69, 9.17) is 0 Å². The summed E-state index contributed by atoms with van der Waals surface area (Å²) in [5.41, 5.74) is 0. The Balaban J connectivity index is 2.74. The standard InChI is InChI=1S/C9H13BrN4O/c1-3-14(6-8(15)11-2)9-12-4-7(10)5-13-9/h4-5H,3,6H2,1-2H3,(H,11,15). The summed E-state index contributed by atoms with van der Waals surface area (Å²) >= 11 is 3.26. The summed E-state index contributed by atoms with van der Waals surface area (Å²) in [4.78, 5) is 21.3. The van der Waals surface area contributed by atoms with Crippen LogP contribution in [0.5, 0.6) is 0 Å². The molecule has 1 aromatic heterocycles. The maximum Gasteiger partial charge on any atom is 0.239 e. The van der Waals surface area contributed by atoms with Gasteiger partial charge in [0.1, 0.15) is 0 Å². The van der Waals surface area contributed by atoms with E-state index in [9.17, 15) is 4.79 Å². The average molecular weight is 273 g/mol. The highest BCUT2D eigenvalue weighted by Crippen LogP contribution is 2.10. The van der Waals surface area contributed by atoms with Crippen molar-refractivity contribution < 1.29 is 4.79 Å². The molecule has 0 aromatic carbocycles. The fraction of sp³-hybridized carbons (Fsp3) is 0.444. The lowest BCUT2D eigenvalue weighted by Gasteiger charge is -2.19. The zero-order valence-corrected chi connectivity index (χ0v) is 10.3. The van der Waals surface area contributed by atoms with Gasteiger partial charge in [-0.2, -0.15) is 0 Å². The molecule has 1 N–H and O–H groups in total. The molecule has 0 fully saturated rings. The van der Waals surface area contributed by atoms with E-state index in [2.05, 4.69) is 31.2 Å². The number of amides is 1. The first-order valence-electron chi connectivity index (χ1n) is 4.60. The lowest BCUT2D eigenvalue weighted by Crippen LogP contribution is -2.36. The predicted octanol–water partition coefficient (Wildman–Crippen LogP) is 0.811. The molecule has 5 nitrogen and oxygen atoms in total. The molecule has 15 heavy (non-hydrogen) atoms. The molecular weight excluding hydrogens is 260 g/mol. The molecule has 0 aliphatic carbocycles. The Morgan fingerprint density at radius 2 is 2.13 bits per heavy atom. The number of rotatable bonds is 4. The molecule has 1 rings (SSSR count). The van der Waals surface area contributed by atoms with Gasteiger partial charge < -0.3 is 10.2 Å². The maximum absolute atomic E-state index is 11.2. The smallest absolute Gasteiger partial charge is 0.239 e. The summed E-state index contributed by atoms with van der Waals surface area (Å²) in [5, 5.41) is 2.57. The van der Waals surface area contributed by atoms with Crippen molar-refractivity contribution in [1.29, 1.82) is 0 Å². The topological polar surface area (TPSA) is 58.1 Å². The van der Waals surface area contributed by atoms with Crippen LogP contribution in [0.2, 0.25) is 0 Å². The third kappa shape index (κ3) is 3.47. The second-order valence-corrected chi connectivity index (χ2v) is 3.80. The van der Waals surface area contributed by atoms with Crippen molar-refractivity contribution in [3.8, 4) is 0 Å². The van der Waals surface area contributed by atoms with Gasteiger partial charge in [-0.1, -0.05) is 0 Å². The molecule has 0 atom stereocenters. The Labute approximate surface area is 97.0 Å². The Kier molecular flexibility index (Phi) is 4.48. The molecule has 0 aliphatic heterocycles. The van der Waals surface area contributed by atoms with E-state index in [0.717, 1.165) is 4.47 Å². The van der Waals surface area contributed by atoms with E-state index in [1.165, 1.54) is 0 Å². The van der Waals surface area contributed by atoms with Crippen LogP contribution in [-0.4, -0.2) is 36.0 Å². The minimum atomic E-state index is -0.0524. The fourth-order valence-electron chi connectivity index (χ4n) is 1.05. The van der Waals surface area contributed by atoms with Gasteiger partial charge in [-0.3, -0.25) is 4.79 Å². The highest BCUT2D eigenvalue weighted by atomic mass is 79.9. The summed E-state index contributed by atoms with van der Waals surface area (Å²) in [5.74, 6) is 0.507. The number of halogens is 1. The zero-order valence-electron chi connectivity index (χ0n) is 8.70. The minimum Gasteiger partial charge on any atom is -0.358 e. The van der Waals surface area contributed by atoms with Crippen molar-refractivity contribution in [3.63, 3.8) is 0 Å². The number of nitrogens with zero attached hydrogens (tertiary/aromatic N) is 3. The van der Waals surface area contributed by atoms with Gasteiger partial charge in [-0.05, 0) is 22.9 Å². The first kappa shape index (κ1) is 11.9. The second-order valence-electron chi connectivity index (χ2n) is 2.89. The van der Waals surface area contributed by atoms with Gasteiger partial charge in [0.05, 0.1) is 11.0 Å². The van der Waals surface area contributed by atoms with Crippen LogP contribution in [0.15, 0.2) is 16.9 Å². The lowest BCUT2D eigenvalue weighted by atomic mass is 10.5. The molecule has 0 spiro atoms. The molecule has 0 radical (unpaired) electrons. The lowest BCUT2D eigenvalue weighted by molar-refractivity contribution is -0.119. The van der Waals surface area contributed by atoms with Crippen molar-refractivity contribution in [2.45, 2.75) is 6.92 Å². The van der Waals surface area contributed by atoms with Gasteiger partial charge in [-0.15, -0.1) is 0 Å². The molecule has 6 heteroatoms. The van der Waals surface area contributed by atoms with Crippen LogP contribution >= 0.6 is 15.9 Å². The number of likely N-dealkylation sites (N-methyl/N-ethyl adjacent to an activating group) is 2. The number of hydrogen-bond acceptors (Lipinski definition) is 4. The molecule has 82 valence electrons. The van der Waals surface area contributed by atoms with E-state index >= 15 is 0 Å². The summed E-state index contributed by atoms with van der Waals surface area (Å²) in [6.07, 6.45) is 3.32. The van der Waals surface area contributed by atoms with Gasteiger partial charge in [0.15, 0.2) is 0 Å². The van der Waals surface area contributed by atoms with E-state index in [-0.39, 0.29) is 12.5 Å². The summed E-state index contributed by atoms with van der Waals surface area (Å²) in [7, 11) is 1.61. The van der Waals surface area contributed by atoms with Crippen molar-refractivity contribution in [2.24, 2.45) is 0 Å². The molecule has 0 saturated carbocycles. The van der Waals surface area contributed by atoms with Crippen LogP contribution in [0.25, 0.3) is 0 Å². The Morgan fingerprint density at radius 3 is 2.60 bits per heavy atom. The SMILES string of the molecule is CCN(CC(=O)NC)c1ncc(Br)cn1. The van der Waals surface area contributed by atoms with Crippen LogP contribution < -0.4 is 10.2 Å². The predicted molar refractivity (Wildman–Crippen MR) is 61.7 cm³/mol. The van der Waals surface area contributed by atoms with Gasteiger partial charge in [-0.25, -0.2) is 9.97 Å². The molecule has 0 bridgehead atoms. The quantitative estimate of drug-likeness (QED) is 0.882. The Morgan fingerprint density at radius 1 is 1.53 bits per heavy atom. The minimum absolute atomic E-state index is 0.0524. The van der Waals surface area contributed by atoms with Gasteiger partial charge in [0.2, 0.25) is 11.9 Å². The molecule has 1 amide bonds. The molecule has 1 heterocycles. The first-order valence-corrected chi connectivity index (χ1v) is 5.39. The fourth-order valence-corrected chi connectivity index (χ4v) is 1.25. The Bertz CT molecular complexity index is 327. The average Bonchev–Trinajstić information content (AvgIpc) is 2.27. The van der Waals surface area contributed by atoms with E-state index in [0.29, 0.717) is 12.5 Å². The largest absolute Gasteiger partial charge is 0.358 e. The number of aromatic nitrogens is 2. The molecule has 1 aromatic rings. The zero-order chi connectivity index (χ0) is 11.3. The molecule has 0 saturated heterocycles. The molecule has 0 aliphatic rings. The maximum atomic E-state index is 11.2. The monoisotopic (exact) mass is 272 g/mol. The van der Waals surface area contributed by atoms with Crippen LogP contribution in [0.3, 0.4) is 0 Å². The van der Waals surface area contributed by atoms with Crippen LogP contribution in [0, 0.1) is 0 Å². The summed E-state index contributed by atoms with van der Waals surface area (Å²) < 4.78 is 0.822.